The van der Waals surface area contributed by atoms with Crippen molar-refractivity contribution in [2.45, 2.75) is 25.4 Å². The third-order valence-corrected chi connectivity index (χ3v) is 4.96. The van der Waals surface area contributed by atoms with E-state index in [2.05, 4.69) is 31.5 Å². The topological polar surface area (TPSA) is 74.3 Å². The van der Waals surface area contributed by atoms with Crippen LogP contribution in [0.25, 0.3) is 0 Å². The van der Waals surface area contributed by atoms with Crippen LogP contribution in [0.5, 0.6) is 0 Å². The molecule has 1 saturated heterocycles. The molecule has 1 atom stereocenters. The molecule has 0 spiro atoms. The average Bonchev–Trinajstić information content (AvgIpc) is 2.66. The van der Waals surface area contributed by atoms with Crippen LogP contribution in [0.1, 0.15) is 17.7 Å². The Balaban J connectivity index is 1.47. The van der Waals surface area contributed by atoms with Gasteiger partial charge in [0.25, 0.3) is 0 Å². The first kappa shape index (κ1) is 19.5. The first-order valence-corrected chi connectivity index (χ1v) is 9.84. The molecule has 1 aliphatic rings. The van der Waals surface area contributed by atoms with E-state index in [9.17, 15) is 9.59 Å². The first-order chi connectivity index (χ1) is 13.1. The van der Waals surface area contributed by atoms with Crippen molar-refractivity contribution in [2.75, 3.05) is 19.6 Å². The van der Waals surface area contributed by atoms with Gasteiger partial charge in [-0.1, -0.05) is 34.1 Å². The van der Waals surface area contributed by atoms with Crippen LogP contribution in [-0.2, 0) is 22.6 Å². The summed E-state index contributed by atoms with van der Waals surface area (Å²) in [4.78, 5) is 31.0. The van der Waals surface area contributed by atoms with Crippen molar-refractivity contribution in [1.82, 2.24) is 20.5 Å². The molecule has 1 fully saturated rings. The largest absolute Gasteiger partial charge is 0.356 e. The van der Waals surface area contributed by atoms with E-state index in [0.29, 0.717) is 32.6 Å². The molecule has 3 rings (SSSR count). The number of nitrogens with one attached hydrogen (secondary N) is 2. The van der Waals surface area contributed by atoms with Gasteiger partial charge in [-0.25, -0.2) is 0 Å². The zero-order chi connectivity index (χ0) is 19.1. The molecule has 7 heteroatoms. The average molecular weight is 431 g/mol. The van der Waals surface area contributed by atoms with E-state index in [1.165, 1.54) is 0 Å². The maximum Gasteiger partial charge on any atom is 0.240 e. The Morgan fingerprint density at radius 1 is 1.30 bits per heavy atom. The van der Waals surface area contributed by atoms with Crippen molar-refractivity contribution in [3.63, 3.8) is 0 Å². The molecule has 0 saturated carbocycles. The van der Waals surface area contributed by atoms with Crippen molar-refractivity contribution in [1.29, 1.82) is 0 Å². The van der Waals surface area contributed by atoms with Crippen LogP contribution in [0.3, 0.4) is 0 Å². The fourth-order valence-electron chi connectivity index (χ4n) is 3.10. The monoisotopic (exact) mass is 430 g/mol. The highest BCUT2D eigenvalue weighted by atomic mass is 79.9. The molecular formula is C20H23BrN4O2. The lowest BCUT2D eigenvalue weighted by molar-refractivity contribution is -0.138. The summed E-state index contributed by atoms with van der Waals surface area (Å²) in [5, 5.41) is 6.04. The third-order valence-electron chi connectivity index (χ3n) is 4.46. The van der Waals surface area contributed by atoms with Gasteiger partial charge in [0.2, 0.25) is 11.8 Å². The van der Waals surface area contributed by atoms with E-state index in [4.69, 9.17) is 0 Å². The van der Waals surface area contributed by atoms with Gasteiger partial charge in [0, 0.05) is 49.0 Å². The number of amides is 2. The second kappa shape index (κ2) is 9.62. The van der Waals surface area contributed by atoms with E-state index in [-0.39, 0.29) is 18.2 Å². The summed E-state index contributed by atoms with van der Waals surface area (Å²) in [5.41, 5.74) is 2.00. The number of carbonyl (C=O) groups excluding carboxylic acids is 2. The number of hydrogen-bond donors (Lipinski definition) is 2. The fraction of sp³-hybridized carbons (Fsp3) is 0.350. The minimum absolute atomic E-state index is 0.0268. The summed E-state index contributed by atoms with van der Waals surface area (Å²) in [7, 11) is 0. The molecule has 1 aliphatic heterocycles. The van der Waals surface area contributed by atoms with E-state index in [1.807, 2.05) is 47.4 Å². The molecule has 0 radical (unpaired) electrons. The van der Waals surface area contributed by atoms with Gasteiger partial charge in [0.05, 0.1) is 12.5 Å². The Labute approximate surface area is 167 Å². The number of rotatable bonds is 7. The van der Waals surface area contributed by atoms with Gasteiger partial charge in [0.15, 0.2) is 0 Å². The van der Waals surface area contributed by atoms with Crippen molar-refractivity contribution in [2.24, 2.45) is 0 Å². The molecule has 2 N–H and O–H groups in total. The van der Waals surface area contributed by atoms with Crippen LogP contribution in [0.4, 0.5) is 0 Å². The molecule has 0 bridgehead atoms. The molecule has 6 nitrogen and oxygen atoms in total. The molecule has 2 amide bonds. The van der Waals surface area contributed by atoms with Gasteiger partial charge in [-0.05, 0) is 29.8 Å². The zero-order valence-electron chi connectivity index (χ0n) is 15.0. The Hall–Kier alpha value is -2.25. The third kappa shape index (κ3) is 5.87. The number of carbonyl (C=O) groups is 2. The standard InChI is InChI=1S/C20H23BrN4O2/c21-16-5-3-4-15(12-16)14-25-11-10-23-18(20(25)27)13-19(26)24-9-7-17-6-1-2-8-22-17/h1-6,8,12,18,23H,7,9-11,13-14H2,(H,24,26). The normalized spacial score (nSPS) is 17.0. The van der Waals surface area contributed by atoms with Crippen LogP contribution in [0.15, 0.2) is 53.1 Å². The number of aromatic nitrogens is 1. The minimum Gasteiger partial charge on any atom is -0.356 e. The summed E-state index contributed by atoms with van der Waals surface area (Å²) >= 11 is 3.45. The zero-order valence-corrected chi connectivity index (χ0v) is 16.6. The summed E-state index contributed by atoms with van der Waals surface area (Å²) < 4.78 is 0.992. The van der Waals surface area contributed by atoms with Gasteiger partial charge in [-0.2, -0.15) is 0 Å². The fourth-order valence-corrected chi connectivity index (χ4v) is 3.54. The van der Waals surface area contributed by atoms with Gasteiger partial charge in [-0.3, -0.25) is 14.6 Å². The second-order valence-corrected chi connectivity index (χ2v) is 7.44. The lowest BCUT2D eigenvalue weighted by Crippen LogP contribution is -2.55. The predicted octanol–water partition coefficient (Wildman–Crippen LogP) is 1.89. The number of pyridine rings is 1. The van der Waals surface area contributed by atoms with E-state index >= 15 is 0 Å². The molecule has 27 heavy (non-hydrogen) atoms. The SMILES string of the molecule is O=C(CC1NCCN(Cc2cccc(Br)c2)C1=O)NCCc1ccccn1. The lowest BCUT2D eigenvalue weighted by atomic mass is 10.1. The molecule has 1 aromatic carbocycles. The van der Waals surface area contributed by atoms with E-state index in [1.54, 1.807) is 6.20 Å². The maximum atomic E-state index is 12.7. The van der Waals surface area contributed by atoms with Gasteiger partial charge in [-0.15, -0.1) is 0 Å². The molecule has 142 valence electrons. The highest BCUT2D eigenvalue weighted by molar-refractivity contribution is 9.10. The summed E-state index contributed by atoms with van der Waals surface area (Å²) in [5.74, 6) is -0.151. The number of halogens is 1. The van der Waals surface area contributed by atoms with Gasteiger partial charge >= 0.3 is 0 Å². The molecule has 0 aliphatic carbocycles. The first-order valence-electron chi connectivity index (χ1n) is 9.05. The van der Waals surface area contributed by atoms with Crippen LogP contribution in [0.2, 0.25) is 0 Å². The minimum atomic E-state index is -0.472. The highest BCUT2D eigenvalue weighted by Crippen LogP contribution is 2.15. The maximum absolute atomic E-state index is 12.7. The van der Waals surface area contributed by atoms with Crippen LogP contribution in [0, 0.1) is 0 Å². The number of nitrogens with zero attached hydrogens (tertiary/aromatic N) is 2. The summed E-state index contributed by atoms with van der Waals surface area (Å²) in [6.45, 7) is 2.39. The van der Waals surface area contributed by atoms with Crippen molar-refractivity contribution in [3.8, 4) is 0 Å². The second-order valence-electron chi connectivity index (χ2n) is 6.52. The summed E-state index contributed by atoms with van der Waals surface area (Å²) in [6, 6.07) is 13.2. The number of hydrogen-bond acceptors (Lipinski definition) is 4. The molecule has 1 unspecified atom stereocenters. The van der Waals surface area contributed by atoms with E-state index in [0.717, 1.165) is 15.7 Å². The molecular weight excluding hydrogens is 408 g/mol. The summed E-state index contributed by atoms with van der Waals surface area (Å²) in [6.07, 6.45) is 2.56. The van der Waals surface area contributed by atoms with Crippen LogP contribution < -0.4 is 10.6 Å². The quantitative estimate of drug-likeness (QED) is 0.703. The molecule has 1 aromatic heterocycles. The van der Waals surface area contributed by atoms with Crippen molar-refractivity contribution in [3.05, 3.63) is 64.4 Å². The highest BCUT2D eigenvalue weighted by Gasteiger charge is 2.29. The van der Waals surface area contributed by atoms with Crippen LogP contribution in [-0.4, -0.2) is 47.4 Å². The van der Waals surface area contributed by atoms with Gasteiger partial charge < -0.3 is 15.5 Å². The van der Waals surface area contributed by atoms with Crippen molar-refractivity contribution < 1.29 is 9.59 Å². The number of piperazine rings is 1. The van der Waals surface area contributed by atoms with Crippen LogP contribution >= 0.6 is 15.9 Å². The Bertz CT molecular complexity index is 785. The Morgan fingerprint density at radius 2 is 2.19 bits per heavy atom. The number of benzene rings is 1. The van der Waals surface area contributed by atoms with Crippen molar-refractivity contribution >= 4 is 27.7 Å². The Kier molecular flexibility index (Phi) is 6.95. The molecule has 2 aromatic rings. The van der Waals surface area contributed by atoms with Gasteiger partial charge in [0.1, 0.15) is 0 Å². The Morgan fingerprint density at radius 3 is 2.96 bits per heavy atom. The smallest absolute Gasteiger partial charge is 0.240 e. The predicted molar refractivity (Wildman–Crippen MR) is 107 cm³/mol. The van der Waals surface area contributed by atoms with E-state index < -0.39 is 6.04 Å². The molecule has 2 heterocycles. The lowest BCUT2D eigenvalue weighted by Gasteiger charge is -2.33.